The van der Waals surface area contributed by atoms with Gasteiger partial charge in [-0.2, -0.15) is 0 Å². The number of hydrogen-bond acceptors (Lipinski definition) is 6. The van der Waals surface area contributed by atoms with E-state index >= 15 is 0 Å². The minimum absolute atomic E-state index is 0.293. The molecule has 1 aliphatic rings. The van der Waals surface area contributed by atoms with Crippen molar-refractivity contribution in [3.05, 3.63) is 16.6 Å². The predicted molar refractivity (Wildman–Crippen MR) is 79.1 cm³/mol. The van der Waals surface area contributed by atoms with Gasteiger partial charge in [0.05, 0.1) is 6.61 Å². The third-order valence-electron chi connectivity index (χ3n) is 2.79. The summed E-state index contributed by atoms with van der Waals surface area (Å²) >= 11 is 1.46. The van der Waals surface area contributed by atoms with Gasteiger partial charge in [0, 0.05) is 11.6 Å². The third-order valence-corrected chi connectivity index (χ3v) is 3.65. The van der Waals surface area contributed by atoms with E-state index in [1.807, 2.05) is 40.0 Å². The monoisotopic (exact) mass is 314 g/mol. The normalized spacial score (nSPS) is 22.8. The maximum absolute atomic E-state index is 12.0. The van der Waals surface area contributed by atoms with Crippen LogP contribution in [-0.4, -0.2) is 35.2 Å². The fourth-order valence-electron chi connectivity index (χ4n) is 2.02. The molecule has 0 spiro atoms. The molecule has 6 nitrogen and oxygen atoms in total. The highest BCUT2D eigenvalue weighted by Crippen LogP contribution is 2.31. The van der Waals surface area contributed by atoms with Gasteiger partial charge in [-0.15, -0.1) is 11.3 Å². The first-order chi connectivity index (χ1) is 9.66. The molecule has 2 atom stereocenters. The first-order valence-corrected chi connectivity index (χ1v) is 7.75. The Kier molecular flexibility index (Phi) is 4.55. The van der Waals surface area contributed by atoms with Crippen LogP contribution in [0.5, 0.6) is 0 Å². The molecule has 1 aromatic rings. The highest BCUT2D eigenvalue weighted by atomic mass is 32.1. The molecule has 0 saturated carbocycles. The number of nitrogens with zero attached hydrogens (tertiary/aromatic N) is 1. The quantitative estimate of drug-likeness (QED) is 0.929. The molecule has 1 saturated heterocycles. The van der Waals surface area contributed by atoms with Crippen LogP contribution in [0.1, 0.15) is 45.7 Å². The number of ether oxygens (including phenoxy) is 3. The molecule has 0 unspecified atom stereocenters. The predicted octanol–water partition coefficient (Wildman–Crippen LogP) is 2.86. The molecule has 0 aliphatic carbocycles. The number of amides is 1. The fourth-order valence-corrected chi connectivity index (χ4v) is 2.76. The SMILES string of the molecule is CC(C)(C)OC(=O)N[C@@H](c1nccs1)[C@H]1COC(C)(C)O1. The lowest BCUT2D eigenvalue weighted by Crippen LogP contribution is -2.41. The van der Waals surface area contributed by atoms with Crippen LogP contribution < -0.4 is 5.32 Å². The Morgan fingerprint density at radius 2 is 2.29 bits per heavy atom. The van der Waals surface area contributed by atoms with E-state index in [4.69, 9.17) is 14.2 Å². The largest absolute Gasteiger partial charge is 0.444 e. The Bertz CT molecular complexity index is 482. The number of nitrogens with one attached hydrogen (secondary N) is 1. The van der Waals surface area contributed by atoms with Crippen LogP contribution in [-0.2, 0) is 14.2 Å². The van der Waals surface area contributed by atoms with Crippen molar-refractivity contribution in [3.8, 4) is 0 Å². The molecule has 7 heteroatoms. The van der Waals surface area contributed by atoms with Crippen molar-refractivity contribution in [1.29, 1.82) is 0 Å². The van der Waals surface area contributed by atoms with Crippen LogP contribution in [0.4, 0.5) is 4.79 Å². The number of rotatable bonds is 3. The summed E-state index contributed by atoms with van der Waals surface area (Å²) in [5.41, 5.74) is -0.552. The second-order valence-electron chi connectivity index (χ2n) is 6.36. The average molecular weight is 314 g/mol. The zero-order chi connectivity index (χ0) is 15.7. The summed E-state index contributed by atoms with van der Waals surface area (Å²) in [7, 11) is 0. The zero-order valence-corrected chi connectivity index (χ0v) is 13.8. The first-order valence-electron chi connectivity index (χ1n) is 6.87. The summed E-state index contributed by atoms with van der Waals surface area (Å²) in [5.74, 6) is -0.657. The second kappa shape index (κ2) is 5.90. The second-order valence-corrected chi connectivity index (χ2v) is 7.29. The van der Waals surface area contributed by atoms with Crippen LogP contribution in [0.3, 0.4) is 0 Å². The van der Waals surface area contributed by atoms with E-state index in [0.29, 0.717) is 6.61 Å². The zero-order valence-electron chi connectivity index (χ0n) is 13.0. The Morgan fingerprint density at radius 1 is 1.57 bits per heavy atom. The van der Waals surface area contributed by atoms with Gasteiger partial charge in [-0.3, -0.25) is 0 Å². The van der Waals surface area contributed by atoms with Crippen LogP contribution in [0.15, 0.2) is 11.6 Å². The van der Waals surface area contributed by atoms with Gasteiger partial charge in [0.2, 0.25) is 0 Å². The van der Waals surface area contributed by atoms with Crippen molar-refractivity contribution in [2.45, 2.75) is 58.2 Å². The first kappa shape index (κ1) is 16.2. The van der Waals surface area contributed by atoms with Crippen LogP contribution in [0, 0.1) is 0 Å². The van der Waals surface area contributed by atoms with Gasteiger partial charge in [-0.25, -0.2) is 9.78 Å². The molecule has 2 rings (SSSR count). The average Bonchev–Trinajstić information content (AvgIpc) is 2.92. The number of carbonyl (C=O) groups excluding carboxylic acids is 1. The van der Waals surface area contributed by atoms with Gasteiger partial charge >= 0.3 is 6.09 Å². The fraction of sp³-hybridized carbons (Fsp3) is 0.714. The standard InChI is InChI=1S/C14H22N2O4S/c1-13(2,3)20-12(17)16-10(11-15-6-7-21-11)9-8-18-14(4,5)19-9/h6-7,9-10H,8H2,1-5H3,(H,16,17)/t9-,10-/m1/s1. The van der Waals surface area contributed by atoms with Crippen molar-refractivity contribution >= 4 is 17.4 Å². The molecule has 21 heavy (non-hydrogen) atoms. The molecule has 0 bridgehead atoms. The molecule has 118 valence electrons. The minimum Gasteiger partial charge on any atom is -0.444 e. The van der Waals surface area contributed by atoms with Crippen molar-refractivity contribution in [2.24, 2.45) is 0 Å². The Balaban J connectivity index is 2.09. The van der Waals surface area contributed by atoms with Crippen molar-refractivity contribution in [2.75, 3.05) is 6.61 Å². The van der Waals surface area contributed by atoms with Crippen molar-refractivity contribution < 1.29 is 19.0 Å². The summed E-state index contributed by atoms with van der Waals surface area (Å²) in [6.07, 6.45) is 0.916. The van der Waals surface area contributed by atoms with Crippen LogP contribution in [0.2, 0.25) is 0 Å². The molecule has 1 aromatic heterocycles. The van der Waals surface area contributed by atoms with Gasteiger partial charge in [-0.05, 0) is 34.6 Å². The van der Waals surface area contributed by atoms with E-state index in [-0.39, 0.29) is 12.1 Å². The molecular formula is C14H22N2O4S. The molecule has 2 heterocycles. The van der Waals surface area contributed by atoms with Crippen molar-refractivity contribution in [3.63, 3.8) is 0 Å². The topological polar surface area (TPSA) is 69.7 Å². The van der Waals surface area contributed by atoms with E-state index in [0.717, 1.165) is 5.01 Å². The van der Waals surface area contributed by atoms with Gasteiger partial charge in [-0.1, -0.05) is 0 Å². The molecule has 1 amide bonds. The smallest absolute Gasteiger partial charge is 0.408 e. The highest BCUT2D eigenvalue weighted by Gasteiger charge is 2.40. The van der Waals surface area contributed by atoms with Crippen LogP contribution in [0.25, 0.3) is 0 Å². The maximum Gasteiger partial charge on any atom is 0.408 e. The minimum atomic E-state index is -0.657. The number of aromatic nitrogens is 1. The molecular weight excluding hydrogens is 292 g/mol. The Labute approximate surface area is 128 Å². The number of thiazole rings is 1. The Hall–Kier alpha value is -1.18. The Morgan fingerprint density at radius 3 is 2.76 bits per heavy atom. The summed E-state index contributed by atoms with van der Waals surface area (Å²) in [6, 6.07) is -0.387. The summed E-state index contributed by atoms with van der Waals surface area (Å²) in [6.45, 7) is 9.56. The molecule has 0 radical (unpaired) electrons. The van der Waals surface area contributed by atoms with E-state index in [9.17, 15) is 4.79 Å². The summed E-state index contributed by atoms with van der Waals surface area (Å²) in [4.78, 5) is 16.3. The van der Waals surface area contributed by atoms with Gasteiger partial charge in [0.15, 0.2) is 5.79 Å². The number of hydrogen-bond donors (Lipinski definition) is 1. The van der Waals surface area contributed by atoms with Crippen LogP contribution >= 0.6 is 11.3 Å². The summed E-state index contributed by atoms with van der Waals surface area (Å²) < 4.78 is 16.7. The maximum atomic E-state index is 12.0. The lowest BCUT2D eigenvalue weighted by atomic mass is 10.2. The number of carbonyl (C=O) groups is 1. The van der Waals surface area contributed by atoms with Crippen molar-refractivity contribution in [1.82, 2.24) is 10.3 Å². The lowest BCUT2D eigenvalue weighted by Gasteiger charge is -2.26. The van der Waals surface area contributed by atoms with E-state index in [2.05, 4.69) is 10.3 Å². The number of alkyl carbamates (subject to hydrolysis) is 1. The van der Waals surface area contributed by atoms with E-state index in [1.54, 1.807) is 6.20 Å². The van der Waals surface area contributed by atoms with E-state index < -0.39 is 17.5 Å². The third kappa shape index (κ3) is 4.66. The van der Waals surface area contributed by atoms with Gasteiger partial charge in [0.1, 0.15) is 22.8 Å². The van der Waals surface area contributed by atoms with Gasteiger partial charge < -0.3 is 19.5 Å². The molecule has 1 aliphatic heterocycles. The lowest BCUT2D eigenvalue weighted by molar-refractivity contribution is -0.141. The molecule has 1 N–H and O–H groups in total. The highest BCUT2D eigenvalue weighted by molar-refractivity contribution is 7.09. The van der Waals surface area contributed by atoms with E-state index in [1.165, 1.54) is 11.3 Å². The molecule has 0 aromatic carbocycles. The van der Waals surface area contributed by atoms with Gasteiger partial charge in [0.25, 0.3) is 0 Å². The molecule has 1 fully saturated rings. The summed E-state index contributed by atoms with van der Waals surface area (Å²) in [5, 5.41) is 5.47.